The summed E-state index contributed by atoms with van der Waals surface area (Å²) in [7, 11) is -3.25. The third kappa shape index (κ3) is 2.41. The van der Waals surface area contributed by atoms with E-state index < -0.39 is 27.5 Å². The monoisotopic (exact) mass is 239 g/mol. The molecular weight excluding hydrogens is 226 g/mol. The van der Waals surface area contributed by atoms with Crippen LogP contribution in [0.4, 0.5) is 0 Å². The summed E-state index contributed by atoms with van der Waals surface area (Å²) in [5.41, 5.74) is 1.94. The highest BCUT2D eigenvalue weighted by Gasteiger charge is 2.30. The second-order valence-electron chi connectivity index (χ2n) is 4.09. The molecule has 1 aliphatic rings. The van der Waals surface area contributed by atoms with Crippen molar-refractivity contribution in [3.63, 3.8) is 0 Å². The molecule has 86 valence electrons. The number of hydrogen-bond acceptors (Lipinski definition) is 3. The Hall–Kier alpha value is -1.36. The van der Waals surface area contributed by atoms with Crippen LogP contribution in [0.1, 0.15) is 17.2 Å². The predicted molar refractivity (Wildman–Crippen MR) is 60.7 cm³/mol. The number of rotatable bonds is 1. The number of carbonyl (C=O) groups excluding carboxylic acids is 1. The molecule has 0 saturated carbocycles. The van der Waals surface area contributed by atoms with Crippen LogP contribution in [0.15, 0.2) is 24.3 Å². The summed E-state index contributed by atoms with van der Waals surface area (Å²) in [6.45, 7) is 1.96. The van der Waals surface area contributed by atoms with Crippen LogP contribution < -0.4 is 5.32 Å². The van der Waals surface area contributed by atoms with Gasteiger partial charge in [0.05, 0.1) is 11.8 Å². The van der Waals surface area contributed by atoms with Crippen molar-refractivity contribution in [2.24, 2.45) is 0 Å². The fourth-order valence-electron chi connectivity index (χ4n) is 1.77. The van der Waals surface area contributed by atoms with E-state index in [1.807, 2.05) is 31.2 Å². The lowest BCUT2D eigenvalue weighted by atomic mass is 10.1. The molecular formula is C11H13NO3S. The normalized spacial score (nSPS) is 23.8. The van der Waals surface area contributed by atoms with E-state index in [1.54, 1.807) is 0 Å². The third-order valence-electron chi connectivity index (χ3n) is 2.59. The van der Waals surface area contributed by atoms with E-state index >= 15 is 0 Å². The first kappa shape index (κ1) is 11.1. The lowest BCUT2D eigenvalue weighted by Crippen LogP contribution is -2.43. The van der Waals surface area contributed by atoms with Crippen molar-refractivity contribution >= 4 is 15.7 Å². The lowest BCUT2D eigenvalue weighted by molar-refractivity contribution is -0.119. The van der Waals surface area contributed by atoms with Crippen molar-refractivity contribution in [1.29, 1.82) is 0 Å². The molecule has 16 heavy (non-hydrogen) atoms. The van der Waals surface area contributed by atoms with E-state index in [-0.39, 0.29) is 5.75 Å². The molecule has 1 aromatic carbocycles. The van der Waals surface area contributed by atoms with Gasteiger partial charge in [0.15, 0.2) is 9.84 Å². The number of hydrogen-bond donors (Lipinski definition) is 1. The van der Waals surface area contributed by atoms with Gasteiger partial charge in [0, 0.05) is 0 Å². The zero-order valence-corrected chi connectivity index (χ0v) is 9.75. The van der Waals surface area contributed by atoms with Crippen LogP contribution in [0.5, 0.6) is 0 Å². The summed E-state index contributed by atoms with van der Waals surface area (Å²) in [5, 5.41) is 2.69. The molecule has 0 bridgehead atoms. The number of benzene rings is 1. The molecule has 4 nitrogen and oxygen atoms in total. The Bertz CT molecular complexity index is 505. The molecule has 0 aliphatic carbocycles. The highest BCUT2D eigenvalue weighted by molar-refractivity contribution is 7.92. The van der Waals surface area contributed by atoms with Crippen molar-refractivity contribution in [3.8, 4) is 0 Å². The molecule has 1 heterocycles. The molecule has 1 unspecified atom stereocenters. The van der Waals surface area contributed by atoms with Gasteiger partial charge in [-0.2, -0.15) is 0 Å². The summed E-state index contributed by atoms with van der Waals surface area (Å²) in [5.74, 6) is -0.825. The molecule has 5 heteroatoms. The summed E-state index contributed by atoms with van der Waals surface area (Å²) in [4.78, 5) is 11.2. The average Bonchev–Trinajstić information content (AvgIpc) is 2.15. The average molecular weight is 239 g/mol. The van der Waals surface area contributed by atoms with Gasteiger partial charge in [0.2, 0.25) is 5.91 Å². The molecule has 0 spiro atoms. The van der Waals surface area contributed by atoms with Crippen LogP contribution in [0.25, 0.3) is 0 Å². The van der Waals surface area contributed by atoms with E-state index in [9.17, 15) is 13.2 Å². The van der Waals surface area contributed by atoms with E-state index in [2.05, 4.69) is 5.32 Å². The van der Waals surface area contributed by atoms with Gasteiger partial charge in [-0.25, -0.2) is 8.42 Å². The van der Waals surface area contributed by atoms with Gasteiger partial charge < -0.3 is 5.32 Å². The molecule has 0 aromatic heterocycles. The van der Waals surface area contributed by atoms with Crippen LogP contribution in [0, 0.1) is 6.92 Å². The quantitative estimate of drug-likeness (QED) is 0.779. The van der Waals surface area contributed by atoms with Crippen LogP contribution in [-0.2, 0) is 14.6 Å². The van der Waals surface area contributed by atoms with E-state index in [0.29, 0.717) is 0 Å². The molecule has 1 amide bonds. The van der Waals surface area contributed by atoms with Gasteiger partial charge in [-0.15, -0.1) is 0 Å². The second kappa shape index (κ2) is 3.90. The Labute approximate surface area is 94.6 Å². The van der Waals surface area contributed by atoms with Crippen LogP contribution in [0.3, 0.4) is 0 Å². The maximum atomic E-state index is 11.5. The molecule has 1 aliphatic heterocycles. The molecule has 2 rings (SSSR count). The summed E-state index contributed by atoms with van der Waals surface area (Å²) < 4.78 is 22.9. The first-order valence-electron chi connectivity index (χ1n) is 5.03. The SMILES string of the molecule is Cc1ccc(C2CS(=O)(=O)CC(=O)N2)cc1. The van der Waals surface area contributed by atoms with Gasteiger partial charge >= 0.3 is 0 Å². The van der Waals surface area contributed by atoms with Gasteiger partial charge in [0.25, 0.3) is 0 Å². The Morgan fingerprint density at radius 1 is 1.25 bits per heavy atom. The number of sulfone groups is 1. The smallest absolute Gasteiger partial charge is 0.235 e. The number of amides is 1. The summed E-state index contributed by atoms with van der Waals surface area (Å²) in [6, 6.07) is 7.10. The first-order valence-corrected chi connectivity index (χ1v) is 6.85. The number of aryl methyl sites for hydroxylation is 1. The highest BCUT2D eigenvalue weighted by atomic mass is 32.2. The number of carbonyl (C=O) groups is 1. The standard InChI is InChI=1S/C11H13NO3S/c1-8-2-4-9(5-3-8)10-6-16(14,15)7-11(13)12-10/h2-5,10H,6-7H2,1H3,(H,12,13). The molecule has 1 fully saturated rings. The predicted octanol–water partition coefficient (Wildman–Crippen LogP) is 0.581. The summed E-state index contributed by atoms with van der Waals surface area (Å²) >= 11 is 0. The fraction of sp³-hybridized carbons (Fsp3) is 0.364. The zero-order chi connectivity index (χ0) is 11.8. The van der Waals surface area contributed by atoms with E-state index in [0.717, 1.165) is 11.1 Å². The largest absolute Gasteiger partial charge is 0.347 e. The van der Waals surface area contributed by atoms with Crippen molar-refractivity contribution in [2.45, 2.75) is 13.0 Å². The minimum Gasteiger partial charge on any atom is -0.347 e. The maximum absolute atomic E-state index is 11.5. The summed E-state index contributed by atoms with van der Waals surface area (Å²) in [6.07, 6.45) is 0. The Morgan fingerprint density at radius 2 is 1.88 bits per heavy atom. The molecule has 1 N–H and O–H groups in total. The molecule has 1 atom stereocenters. The topological polar surface area (TPSA) is 63.2 Å². The zero-order valence-electron chi connectivity index (χ0n) is 8.93. The van der Waals surface area contributed by atoms with Crippen molar-refractivity contribution in [3.05, 3.63) is 35.4 Å². The van der Waals surface area contributed by atoms with E-state index in [1.165, 1.54) is 0 Å². The van der Waals surface area contributed by atoms with Crippen LogP contribution >= 0.6 is 0 Å². The Morgan fingerprint density at radius 3 is 2.44 bits per heavy atom. The van der Waals surface area contributed by atoms with Crippen LogP contribution in [-0.4, -0.2) is 25.8 Å². The lowest BCUT2D eigenvalue weighted by Gasteiger charge is -2.23. The number of nitrogens with one attached hydrogen (secondary N) is 1. The highest BCUT2D eigenvalue weighted by Crippen LogP contribution is 2.19. The van der Waals surface area contributed by atoms with Crippen molar-refractivity contribution in [1.82, 2.24) is 5.32 Å². The second-order valence-corrected chi connectivity index (χ2v) is 6.19. The molecule has 1 saturated heterocycles. The minimum absolute atomic E-state index is 0.0121. The van der Waals surface area contributed by atoms with Gasteiger partial charge in [-0.1, -0.05) is 29.8 Å². The third-order valence-corrected chi connectivity index (χ3v) is 4.13. The maximum Gasteiger partial charge on any atom is 0.235 e. The van der Waals surface area contributed by atoms with Gasteiger partial charge in [-0.3, -0.25) is 4.79 Å². The fourth-order valence-corrected chi connectivity index (χ4v) is 3.15. The van der Waals surface area contributed by atoms with Gasteiger partial charge in [0.1, 0.15) is 5.75 Å². The van der Waals surface area contributed by atoms with Crippen LogP contribution in [0.2, 0.25) is 0 Å². The molecule has 0 radical (unpaired) electrons. The Kier molecular flexibility index (Phi) is 2.71. The van der Waals surface area contributed by atoms with Crippen molar-refractivity contribution in [2.75, 3.05) is 11.5 Å². The molecule has 1 aromatic rings. The van der Waals surface area contributed by atoms with E-state index in [4.69, 9.17) is 0 Å². The minimum atomic E-state index is -3.25. The first-order chi connectivity index (χ1) is 7.46. The van der Waals surface area contributed by atoms with Gasteiger partial charge in [-0.05, 0) is 12.5 Å². The van der Waals surface area contributed by atoms with Crippen molar-refractivity contribution < 1.29 is 13.2 Å². The Balaban J connectivity index is 2.28.